The lowest BCUT2D eigenvalue weighted by Gasteiger charge is -2.05. The van der Waals surface area contributed by atoms with Crippen molar-refractivity contribution in [3.63, 3.8) is 0 Å². The van der Waals surface area contributed by atoms with E-state index in [9.17, 15) is 13.6 Å². The van der Waals surface area contributed by atoms with Gasteiger partial charge in [0.2, 0.25) is 0 Å². The molecule has 0 unspecified atom stereocenters. The van der Waals surface area contributed by atoms with Crippen LogP contribution in [0.1, 0.15) is 41.0 Å². The molecule has 0 amide bonds. The predicted molar refractivity (Wildman–Crippen MR) is 61.3 cm³/mol. The summed E-state index contributed by atoms with van der Waals surface area (Å²) in [5.74, 6) is -0.440. The number of hydrogen-bond donors (Lipinski definition) is 0. The third-order valence-electron chi connectivity index (χ3n) is 2.59. The minimum Gasteiger partial charge on any atom is -0.461 e. The molecule has 108 valence electrons. The summed E-state index contributed by atoms with van der Waals surface area (Å²) >= 11 is 0. The molecule has 0 saturated carbocycles. The van der Waals surface area contributed by atoms with E-state index >= 15 is 0 Å². The standard InChI is InChI=1S/C11H12F2N4O3/c1-3-19-11(18)8-9(10(12)13)17(16-15-8)4-7-6(2)20-5-14-7/h5,10H,3-4H2,1-2H3. The molecule has 0 bridgehead atoms. The van der Waals surface area contributed by atoms with Gasteiger partial charge in [-0.1, -0.05) is 5.21 Å². The number of aryl methyl sites for hydroxylation is 1. The van der Waals surface area contributed by atoms with Gasteiger partial charge < -0.3 is 9.15 Å². The molecule has 0 aromatic carbocycles. The number of hydrogen-bond acceptors (Lipinski definition) is 6. The zero-order chi connectivity index (χ0) is 14.7. The highest BCUT2D eigenvalue weighted by Crippen LogP contribution is 2.23. The molecular weight excluding hydrogens is 274 g/mol. The Morgan fingerprint density at radius 2 is 2.30 bits per heavy atom. The van der Waals surface area contributed by atoms with Crippen molar-refractivity contribution >= 4 is 5.97 Å². The Morgan fingerprint density at radius 3 is 2.85 bits per heavy atom. The average molecular weight is 286 g/mol. The fourth-order valence-corrected chi connectivity index (χ4v) is 1.62. The Labute approximate surface area is 112 Å². The quantitative estimate of drug-likeness (QED) is 0.778. The summed E-state index contributed by atoms with van der Waals surface area (Å²) < 4.78 is 36.8. The second kappa shape index (κ2) is 5.76. The molecule has 2 aromatic heterocycles. The van der Waals surface area contributed by atoms with Crippen molar-refractivity contribution in [2.24, 2.45) is 0 Å². The van der Waals surface area contributed by atoms with E-state index in [1.165, 1.54) is 6.39 Å². The van der Waals surface area contributed by atoms with E-state index in [2.05, 4.69) is 20.0 Å². The number of esters is 1. The van der Waals surface area contributed by atoms with Gasteiger partial charge in [-0.15, -0.1) is 5.10 Å². The summed E-state index contributed by atoms with van der Waals surface area (Å²) in [7, 11) is 0. The molecule has 7 nitrogen and oxygen atoms in total. The van der Waals surface area contributed by atoms with Crippen LogP contribution < -0.4 is 0 Å². The molecular formula is C11H12F2N4O3. The van der Waals surface area contributed by atoms with Crippen LogP contribution in [-0.2, 0) is 11.3 Å². The van der Waals surface area contributed by atoms with E-state index in [4.69, 9.17) is 4.42 Å². The number of ether oxygens (including phenoxy) is 1. The molecule has 0 aliphatic carbocycles. The van der Waals surface area contributed by atoms with Gasteiger partial charge in [0, 0.05) is 0 Å². The van der Waals surface area contributed by atoms with Crippen LogP contribution in [0.15, 0.2) is 10.8 Å². The molecule has 2 aromatic rings. The maximum absolute atomic E-state index is 13.1. The molecule has 0 spiro atoms. The number of rotatable bonds is 5. The van der Waals surface area contributed by atoms with Crippen LogP contribution >= 0.6 is 0 Å². The first kappa shape index (κ1) is 14.1. The minimum absolute atomic E-state index is 0.0611. The summed E-state index contributed by atoms with van der Waals surface area (Å²) in [4.78, 5) is 15.4. The Balaban J connectivity index is 2.34. The van der Waals surface area contributed by atoms with E-state index in [0.717, 1.165) is 4.68 Å². The zero-order valence-corrected chi connectivity index (χ0v) is 10.8. The molecule has 0 aliphatic heterocycles. The van der Waals surface area contributed by atoms with Gasteiger partial charge in [-0.3, -0.25) is 0 Å². The summed E-state index contributed by atoms with van der Waals surface area (Å²) in [6.45, 7) is 3.22. The smallest absolute Gasteiger partial charge is 0.361 e. The zero-order valence-electron chi connectivity index (χ0n) is 10.8. The Kier molecular flexibility index (Phi) is 4.06. The highest BCUT2D eigenvalue weighted by Gasteiger charge is 2.28. The molecule has 2 heterocycles. The van der Waals surface area contributed by atoms with Crippen LogP contribution in [0.4, 0.5) is 8.78 Å². The SMILES string of the molecule is CCOC(=O)c1nnn(Cc2ncoc2C)c1C(F)F. The number of carbonyl (C=O) groups excluding carboxylic acids is 1. The van der Waals surface area contributed by atoms with E-state index < -0.39 is 23.8 Å². The largest absolute Gasteiger partial charge is 0.461 e. The minimum atomic E-state index is -2.91. The van der Waals surface area contributed by atoms with Crippen molar-refractivity contribution in [1.82, 2.24) is 20.0 Å². The molecule has 20 heavy (non-hydrogen) atoms. The van der Waals surface area contributed by atoms with Crippen molar-refractivity contribution in [3.8, 4) is 0 Å². The van der Waals surface area contributed by atoms with Crippen molar-refractivity contribution in [1.29, 1.82) is 0 Å². The molecule has 0 N–H and O–H groups in total. The monoisotopic (exact) mass is 286 g/mol. The van der Waals surface area contributed by atoms with Gasteiger partial charge in [0.1, 0.15) is 17.1 Å². The van der Waals surface area contributed by atoms with E-state index in [1.54, 1.807) is 13.8 Å². The van der Waals surface area contributed by atoms with Gasteiger partial charge in [0.25, 0.3) is 6.43 Å². The van der Waals surface area contributed by atoms with Gasteiger partial charge >= 0.3 is 5.97 Å². The fourth-order valence-electron chi connectivity index (χ4n) is 1.62. The van der Waals surface area contributed by atoms with Crippen LogP contribution in [0.25, 0.3) is 0 Å². The first-order valence-corrected chi connectivity index (χ1v) is 5.82. The van der Waals surface area contributed by atoms with Gasteiger partial charge in [-0.05, 0) is 13.8 Å². The molecule has 9 heteroatoms. The number of halogens is 2. The summed E-state index contributed by atoms with van der Waals surface area (Å²) in [5.41, 5.74) is -0.638. The van der Waals surface area contributed by atoms with Gasteiger partial charge in [0.15, 0.2) is 12.1 Å². The van der Waals surface area contributed by atoms with Gasteiger partial charge in [0.05, 0.1) is 13.2 Å². The lowest BCUT2D eigenvalue weighted by Crippen LogP contribution is -2.12. The van der Waals surface area contributed by atoms with Crippen LogP contribution in [0.5, 0.6) is 0 Å². The summed E-state index contributed by atoms with van der Waals surface area (Å²) in [6, 6.07) is 0. The highest BCUT2D eigenvalue weighted by molar-refractivity contribution is 5.88. The van der Waals surface area contributed by atoms with Gasteiger partial charge in [-0.2, -0.15) is 0 Å². The Morgan fingerprint density at radius 1 is 1.55 bits per heavy atom. The number of nitrogens with zero attached hydrogens (tertiary/aromatic N) is 4. The third kappa shape index (κ3) is 2.65. The maximum atomic E-state index is 13.1. The fraction of sp³-hybridized carbons (Fsp3) is 0.455. The molecule has 0 saturated heterocycles. The molecule has 0 atom stereocenters. The second-order valence-corrected chi connectivity index (χ2v) is 3.86. The number of carbonyl (C=O) groups is 1. The van der Waals surface area contributed by atoms with E-state index in [0.29, 0.717) is 11.5 Å². The van der Waals surface area contributed by atoms with E-state index in [-0.39, 0.29) is 13.2 Å². The molecule has 0 fully saturated rings. The number of oxazole rings is 1. The average Bonchev–Trinajstić information content (AvgIpc) is 2.97. The third-order valence-corrected chi connectivity index (χ3v) is 2.59. The lowest BCUT2D eigenvalue weighted by atomic mass is 10.3. The predicted octanol–water partition coefficient (Wildman–Crippen LogP) is 1.74. The van der Waals surface area contributed by atoms with Crippen LogP contribution in [0.2, 0.25) is 0 Å². The van der Waals surface area contributed by atoms with Gasteiger partial charge in [-0.25, -0.2) is 23.2 Å². The van der Waals surface area contributed by atoms with Crippen molar-refractivity contribution in [2.45, 2.75) is 26.8 Å². The van der Waals surface area contributed by atoms with Crippen molar-refractivity contribution in [3.05, 3.63) is 29.2 Å². The topological polar surface area (TPSA) is 83.0 Å². The lowest BCUT2D eigenvalue weighted by molar-refractivity contribution is 0.0506. The summed E-state index contributed by atoms with van der Waals surface area (Å²) in [6.07, 6.45) is -1.70. The van der Waals surface area contributed by atoms with Crippen LogP contribution in [0.3, 0.4) is 0 Å². The maximum Gasteiger partial charge on any atom is 0.361 e. The molecule has 0 radical (unpaired) electrons. The first-order valence-electron chi connectivity index (χ1n) is 5.82. The number of aromatic nitrogens is 4. The number of alkyl halides is 2. The Hall–Kier alpha value is -2.32. The molecule has 0 aliphatic rings. The summed E-state index contributed by atoms with van der Waals surface area (Å²) in [5, 5.41) is 7.03. The van der Waals surface area contributed by atoms with Crippen LogP contribution in [0, 0.1) is 6.92 Å². The first-order chi connectivity index (χ1) is 9.54. The van der Waals surface area contributed by atoms with Crippen molar-refractivity contribution < 1.29 is 22.7 Å². The highest BCUT2D eigenvalue weighted by atomic mass is 19.3. The Bertz CT molecular complexity index is 609. The van der Waals surface area contributed by atoms with Crippen molar-refractivity contribution in [2.75, 3.05) is 6.61 Å². The van der Waals surface area contributed by atoms with E-state index in [1.807, 2.05) is 0 Å². The van der Waals surface area contributed by atoms with Crippen LogP contribution in [-0.4, -0.2) is 32.6 Å². The normalized spacial score (nSPS) is 11.1. The second-order valence-electron chi connectivity index (χ2n) is 3.86. The molecule has 2 rings (SSSR count).